The molecule has 0 bridgehead atoms. The van der Waals surface area contributed by atoms with E-state index in [1.54, 1.807) is 4.90 Å². The van der Waals surface area contributed by atoms with Gasteiger partial charge in [0.1, 0.15) is 12.4 Å². The number of aryl methyl sites for hydroxylation is 2. The van der Waals surface area contributed by atoms with E-state index in [0.717, 1.165) is 34.7 Å². The van der Waals surface area contributed by atoms with Crippen molar-refractivity contribution in [1.29, 1.82) is 0 Å². The number of nitrogens with zero attached hydrogens (tertiary/aromatic N) is 3. The fourth-order valence-electron chi connectivity index (χ4n) is 2.97. The highest BCUT2D eigenvalue weighted by molar-refractivity contribution is 7.12. The Hall–Kier alpha value is -2.31. The molecule has 3 rings (SSSR count). The number of carbonyl (C=O) groups is 1. The molecule has 0 aliphatic carbocycles. The van der Waals surface area contributed by atoms with Crippen LogP contribution in [0.15, 0.2) is 35.8 Å². The lowest BCUT2D eigenvalue weighted by Gasteiger charge is -2.16. The Balaban J connectivity index is 1.62. The van der Waals surface area contributed by atoms with E-state index in [4.69, 9.17) is 16.3 Å². The molecule has 2 heterocycles. The van der Waals surface area contributed by atoms with Crippen molar-refractivity contribution in [3.8, 4) is 5.75 Å². The van der Waals surface area contributed by atoms with Gasteiger partial charge in [0.25, 0.3) is 5.91 Å². The zero-order chi connectivity index (χ0) is 20.3. The standard InChI is InChI=1S/C21H24ClN3O2S/c1-5-25-15(3)17(10-23-25)11-24(4)21(26)20-9-16(13-28-20)12-27-19-7-6-18(22)8-14(19)2/h6-10,13H,5,11-12H2,1-4H3. The van der Waals surface area contributed by atoms with E-state index in [2.05, 4.69) is 12.0 Å². The fourth-order valence-corrected chi connectivity index (χ4v) is 4.09. The zero-order valence-corrected chi connectivity index (χ0v) is 18.1. The van der Waals surface area contributed by atoms with Gasteiger partial charge in [-0.3, -0.25) is 9.48 Å². The van der Waals surface area contributed by atoms with Gasteiger partial charge in [0.05, 0.1) is 11.1 Å². The van der Waals surface area contributed by atoms with Crippen molar-refractivity contribution in [3.05, 3.63) is 68.1 Å². The molecule has 1 amide bonds. The second-order valence-electron chi connectivity index (χ2n) is 6.75. The van der Waals surface area contributed by atoms with Gasteiger partial charge in [-0.05, 0) is 56.0 Å². The van der Waals surface area contributed by atoms with Gasteiger partial charge in [-0.25, -0.2) is 0 Å². The van der Waals surface area contributed by atoms with E-state index >= 15 is 0 Å². The summed E-state index contributed by atoms with van der Waals surface area (Å²) in [6.07, 6.45) is 1.84. The summed E-state index contributed by atoms with van der Waals surface area (Å²) in [5, 5.41) is 7.00. The van der Waals surface area contributed by atoms with Crippen molar-refractivity contribution in [1.82, 2.24) is 14.7 Å². The Morgan fingerprint density at radius 2 is 2.11 bits per heavy atom. The van der Waals surface area contributed by atoms with Gasteiger partial charge in [0.15, 0.2) is 0 Å². The molecule has 3 aromatic rings. The smallest absolute Gasteiger partial charge is 0.263 e. The zero-order valence-electron chi connectivity index (χ0n) is 16.5. The minimum Gasteiger partial charge on any atom is -0.489 e. The lowest BCUT2D eigenvalue weighted by Crippen LogP contribution is -2.25. The highest BCUT2D eigenvalue weighted by atomic mass is 35.5. The molecule has 0 atom stereocenters. The first-order chi connectivity index (χ1) is 13.4. The number of carbonyl (C=O) groups excluding carboxylic acids is 1. The van der Waals surface area contributed by atoms with E-state index in [9.17, 15) is 4.79 Å². The van der Waals surface area contributed by atoms with Gasteiger partial charge in [-0.2, -0.15) is 5.10 Å². The van der Waals surface area contributed by atoms with Crippen molar-refractivity contribution in [2.75, 3.05) is 7.05 Å². The summed E-state index contributed by atoms with van der Waals surface area (Å²) >= 11 is 7.42. The first-order valence-corrected chi connectivity index (χ1v) is 10.4. The summed E-state index contributed by atoms with van der Waals surface area (Å²) in [6, 6.07) is 7.45. The molecule has 1 aromatic carbocycles. The summed E-state index contributed by atoms with van der Waals surface area (Å²) in [6.45, 7) is 7.83. The molecule has 7 heteroatoms. The molecule has 5 nitrogen and oxygen atoms in total. The molecule has 2 aromatic heterocycles. The van der Waals surface area contributed by atoms with Gasteiger partial charge in [0, 0.05) is 42.0 Å². The molecular formula is C21H24ClN3O2S. The number of amides is 1. The van der Waals surface area contributed by atoms with Crippen LogP contribution >= 0.6 is 22.9 Å². The topological polar surface area (TPSA) is 47.4 Å². The lowest BCUT2D eigenvalue weighted by atomic mass is 10.2. The van der Waals surface area contributed by atoms with Gasteiger partial charge < -0.3 is 9.64 Å². The molecule has 28 heavy (non-hydrogen) atoms. The van der Waals surface area contributed by atoms with Crippen LogP contribution in [0.5, 0.6) is 5.75 Å². The lowest BCUT2D eigenvalue weighted by molar-refractivity contribution is 0.0789. The second kappa shape index (κ2) is 8.80. The number of thiophene rings is 1. The SMILES string of the molecule is CCn1ncc(CN(C)C(=O)c2cc(COc3ccc(Cl)cc3C)cs2)c1C. The maximum Gasteiger partial charge on any atom is 0.263 e. The first kappa shape index (κ1) is 20.4. The van der Waals surface area contributed by atoms with Crippen LogP contribution < -0.4 is 4.74 Å². The average molecular weight is 418 g/mol. The van der Waals surface area contributed by atoms with E-state index in [-0.39, 0.29) is 5.91 Å². The summed E-state index contributed by atoms with van der Waals surface area (Å²) in [7, 11) is 1.82. The van der Waals surface area contributed by atoms with Crippen molar-refractivity contribution in [2.45, 2.75) is 40.5 Å². The Morgan fingerprint density at radius 3 is 2.79 bits per heavy atom. The van der Waals surface area contributed by atoms with Crippen LogP contribution in [0, 0.1) is 13.8 Å². The number of halogens is 1. The third-order valence-corrected chi connectivity index (χ3v) is 5.86. The Kier molecular flexibility index (Phi) is 6.42. The minimum absolute atomic E-state index is 0.00238. The summed E-state index contributed by atoms with van der Waals surface area (Å²) in [5.41, 5.74) is 4.13. The van der Waals surface area contributed by atoms with Gasteiger partial charge in [0.2, 0.25) is 0 Å². The van der Waals surface area contributed by atoms with Crippen molar-refractivity contribution in [3.63, 3.8) is 0 Å². The summed E-state index contributed by atoms with van der Waals surface area (Å²) < 4.78 is 7.81. The largest absolute Gasteiger partial charge is 0.489 e. The Labute approximate surface area is 174 Å². The molecule has 0 N–H and O–H groups in total. The number of aromatic nitrogens is 2. The molecule has 0 aliphatic rings. The molecule has 148 valence electrons. The van der Waals surface area contributed by atoms with E-state index in [0.29, 0.717) is 23.1 Å². The van der Waals surface area contributed by atoms with Crippen molar-refractivity contribution >= 4 is 28.8 Å². The first-order valence-electron chi connectivity index (χ1n) is 9.12. The van der Waals surface area contributed by atoms with Gasteiger partial charge in [-0.15, -0.1) is 11.3 Å². The summed E-state index contributed by atoms with van der Waals surface area (Å²) in [5.74, 6) is 0.798. The third-order valence-electron chi connectivity index (χ3n) is 4.65. The maximum absolute atomic E-state index is 12.8. The van der Waals surface area contributed by atoms with Crippen LogP contribution in [-0.4, -0.2) is 27.6 Å². The molecule has 0 fully saturated rings. The maximum atomic E-state index is 12.8. The fraction of sp³-hybridized carbons (Fsp3) is 0.333. The van der Waals surface area contributed by atoms with Crippen LogP contribution in [0.2, 0.25) is 5.02 Å². The molecule has 0 saturated carbocycles. The van der Waals surface area contributed by atoms with Crippen molar-refractivity contribution in [2.24, 2.45) is 0 Å². The highest BCUT2D eigenvalue weighted by Crippen LogP contribution is 2.24. The predicted molar refractivity (Wildman–Crippen MR) is 113 cm³/mol. The monoisotopic (exact) mass is 417 g/mol. The number of hydrogen-bond donors (Lipinski definition) is 0. The van der Waals surface area contributed by atoms with Gasteiger partial charge >= 0.3 is 0 Å². The van der Waals surface area contributed by atoms with E-state index in [1.165, 1.54) is 11.3 Å². The van der Waals surface area contributed by atoms with Crippen LogP contribution in [0.3, 0.4) is 0 Å². The number of benzene rings is 1. The van der Waals surface area contributed by atoms with Crippen LogP contribution in [-0.2, 0) is 19.7 Å². The van der Waals surface area contributed by atoms with E-state index < -0.39 is 0 Å². The molecular weight excluding hydrogens is 394 g/mol. The molecule has 0 saturated heterocycles. The minimum atomic E-state index is 0.00238. The average Bonchev–Trinajstić information content (AvgIpc) is 3.27. The quantitative estimate of drug-likeness (QED) is 0.538. The van der Waals surface area contributed by atoms with Crippen LogP contribution in [0.4, 0.5) is 0 Å². The number of rotatable bonds is 7. The Morgan fingerprint density at radius 1 is 1.32 bits per heavy atom. The normalized spacial score (nSPS) is 10.9. The predicted octanol–water partition coefficient (Wildman–Crippen LogP) is 5.09. The summed E-state index contributed by atoms with van der Waals surface area (Å²) in [4.78, 5) is 15.2. The third kappa shape index (κ3) is 4.56. The number of ether oxygens (including phenoxy) is 1. The van der Waals surface area contributed by atoms with E-state index in [1.807, 2.05) is 61.4 Å². The molecule has 0 spiro atoms. The van der Waals surface area contributed by atoms with Crippen LogP contribution in [0.25, 0.3) is 0 Å². The molecule has 0 aliphatic heterocycles. The van der Waals surface area contributed by atoms with Crippen LogP contribution in [0.1, 0.15) is 39.0 Å². The number of hydrogen-bond acceptors (Lipinski definition) is 4. The Bertz CT molecular complexity index is 980. The van der Waals surface area contributed by atoms with Crippen molar-refractivity contribution < 1.29 is 9.53 Å². The highest BCUT2D eigenvalue weighted by Gasteiger charge is 2.17. The van der Waals surface area contributed by atoms with Gasteiger partial charge in [-0.1, -0.05) is 11.6 Å². The molecule has 0 unspecified atom stereocenters. The molecule has 0 radical (unpaired) electrons. The second-order valence-corrected chi connectivity index (χ2v) is 8.10.